The number of aliphatic hydroxyl groups is 1. The van der Waals surface area contributed by atoms with Crippen molar-refractivity contribution in [3.8, 4) is 11.5 Å². The zero-order valence-electron chi connectivity index (χ0n) is 10.1. The van der Waals surface area contributed by atoms with Crippen LogP contribution in [0.5, 0.6) is 11.5 Å². The Balaban J connectivity index is 2.67. The second kappa shape index (κ2) is 7.19. The van der Waals surface area contributed by atoms with E-state index in [4.69, 9.17) is 20.3 Å². The van der Waals surface area contributed by atoms with Gasteiger partial charge >= 0.3 is 0 Å². The molecule has 0 saturated heterocycles. The highest BCUT2D eigenvalue weighted by Gasteiger charge is 1.99. The van der Waals surface area contributed by atoms with E-state index < -0.39 is 0 Å². The first-order valence-electron chi connectivity index (χ1n) is 5.48. The first-order chi connectivity index (χ1) is 8.65. The van der Waals surface area contributed by atoms with Crippen molar-refractivity contribution in [2.45, 2.75) is 0 Å². The summed E-state index contributed by atoms with van der Waals surface area (Å²) in [6, 6.07) is 7.06. The van der Waals surface area contributed by atoms with Gasteiger partial charge in [-0.2, -0.15) is 0 Å². The molecule has 1 aromatic rings. The quantitative estimate of drug-likeness (QED) is 0.574. The number of hydrogen-bond acceptors (Lipinski definition) is 4. The minimum atomic E-state index is -0.0900. The summed E-state index contributed by atoms with van der Waals surface area (Å²) in [6.45, 7) is 7.88. The molecule has 3 N–H and O–H groups in total. The van der Waals surface area contributed by atoms with Crippen LogP contribution in [0.2, 0.25) is 0 Å². The van der Waals surface area contributed by atoms with Gasteiger partial charge in [0, 0.05) is 12.6 Å². The number of ether oxygens (including phenoxy) is 2. The van der Waals surface area contributed by atoms with Gasteiger partial charge in [-0.1, -0.05) is 13.2 Å². The van der Waals surface area contributed by atoms with Gasteiger partial charge in [0.2, 0.25) is 0 Å². The number of allylic oxidation sites excluding steroid dienone is 2. The van der Waals surface area contributed by atoms with Crippen molar-refractivity contribution in [2.24, 2.45) is 5.73 Å². The summed E-state index contributed by atoms with van der Waals surface area (Å²) in [4.78, 5) is 0. The van der Waals surface area contributed by atoms with Gasteiger partial charge < -0.3 is 20.3 Å². The van der Waals surface area contributed by atoms with Crippen LogP contribution in [-0.4, -0.2) is 18.3 Å². The lowest BCUT2D eigenvalue weighted by Crippen LogP contribution is -2.10. The maximum atomic E-state index is 9.04. The van der Waals surface area contributed by atoms with Gasteiger partial charge in [0.1, 0.15) is 29.6 Å². The molecule has 0 aliphatic rings. The van der Waals surface area contributed by atoms with Crippen LogP contribution >= 0.6 is 0 Å². The molecule has 4 heteroatoms. The maximum Gasteiger partial charge on any atom is 0.130 e. The van der Waals surface area contributed by atoms with E-state index >= 15 is 0 Å². The molecule has 0 unspecified atom stereocenters. The van der Waals surface area contributed by atoms with Gasteiger partial charge in [0.15, 0.2) is 0 Å². The van der Waals surface area contributed by atoms with Gasteiger partial charge in [-0.15, -0.1) is 0 Å². The SMILES string of the molecule is C=C/C(=C\C(=C)O)Oc1ccc(OCCN)cc1. The van der Waals surface area contributed by atoms with Crippen molar-refractivity contribution >= 4 is 0 Å². The van der Waals surface area contributed by atoms with E-state index in [9.17, 15) is 0 Å². The van der Waals surface area contributed by atoms with E-state index in [1.807, 2.05) is 0 Å². The molecular formula is C14H17NO3. The smallest absolute Gasteiger partial charge is 0.130 e. The number of aliphatic hydroxyl groups excluding tert-OH is 1. The van der Waals surface area contributed by atoms with Crippen molar-refractivity contribution in [3.05, 3.63) is 61.1 Å². The molecule has 0 spiro atoms. The Morgan fingerprint density at radius 3 is 2.39 bits per heavy atom. The van der Waals surface area contributed by atoms with Crippen molar-refractivity contribution in [1.82, 2.24) is 0 Å². The molecule has 4 nitrogen and oxygen atoms in total. The number of nitrogens with two attached hydrogens (primary N) is 1. The summed E-state index contributed by atoms with van der Waals surface area (Å²) in [5.74, 6) is 1.66. The summed E-state index contributed by atoms with van der Waals surface area (Å²) in [6.07, 6.45) is 2.87. The molecule has 1 rings (SSSR count). The first-order valence-corrected chi connectivity index (χ1v) is 5.48. The van der Waals surface area contributed by atoms with Crippen LogP contribution in [0.15, 0.2) is 61.1 Å². The highest BCUT2D eigenvalue weighted by atomic mass is 16.5. The number of hydrogen-bond donors (Lipinski definition) is 2. The summed E-state index contributed by atoms with van der Waals surface area (Å²) in [7, 11) is 0. The zero-order chi connectivity index (χ0) is 13.4. The molecule has 0 bridgehead atoms. The average Bonchev–Trinajstić information content (AvgIpc) is 2.36. The highest BCUT2D eigenvalue weighted by Crippen LogP contribution is 2.20. The maximum absolute atomic E-state index is 9.04. The second-order valence-electron chi connectivity index (χ2n) is 3.45. The average molecular weight is 247 g/mol. The number of benzene rings is 1. The predicted octanol–water partition coefficient (Wildman–Crippen LogP) is 2.54. The third-order valence-electron chi connectivity index (χ3n) is 1.96. The van der Waals surface area contributed by atoms with Crippen LogP contribution in [0.1, 0.15) is 0 Å². The fourth-order valence-electron chi connectivity index (χ4n) is 1.21. The Labute approximate surface area is 107 Å². The van der Waals surface area contributed by atoms with Crippen LogP contribution in [0.25, 0.3) is 0 Å². The lowest BCUT2D eigenvalue weighted by atomic mass is 10.3. The minimum absolute atomic E-state index is 0.0900. The van der Waals surface area contributed by atoms with Crippen LogP contribution < -0.4 is 15.2 Å². The van der Waals surface area contributed by atoms with Crippen molar-refractivity contribution in [3.63, 3.8) is 0 Å². The van der Waals surface area contributed by atoms with E-state index in [0.29, 0.717) is 24.7 Å². The topological polar surface area (TPSA) is 64.7 Å². The zero-order valence-corrected chi connectivity index (χ0v) is 10.1. The van der Waals surface area contributed by atoms with E-state index in [0.717, 1.165) is 5.75 Å². The summed E-state index contributed by atoms with van der Waals surface area (Å²) < 4.78 is 10.8. The highest BCUT2D eigenvalue weighted by molar-refractivity contribution is 5.34. The molecule has 0 aliphatic carbocycles. The molecule has 1 aromatic carbocycles. The van der Waals surface area contributed by atoms with Crippen molar-refractivity contribution < 1.29 is 14.6 Å². The molecule has 0 radical (unpaired) electrons. The first kappa shape index (κ1) is 13.9. The van der Waals surface area contributed by atoms with Crippen molar-refractivity contribution in [1.29, 1.82) is 0 Å². The standard InChI is InChI=1S/C14H17NO3/c1-3-12(10-11(2)16)18-14-6-4-13(5-7-14)17-9-8-15/h3-7,10,16H,1-2,8-9,15H2/b12-10+. The Hall–Kier alpha value is -2.20. The lowest BCUT2D eigenvalue weighted by molar-refractivity contribution is 0.327. The largest absolute Gasteiger partial charge is 0.508 e. The summed E-state index contributed by atoms with van der Waals surface area (Å²) in [5.41, 5.74) is 5.34. The van der Waals surface area contributed by atoms with Crippen LogP contribution in [0.3, 0.4) is 0 Å². The number of rotatable bonds is 7. The molecule has 0 aromatic heterocycles. The molecule has 0 aliphatic heterocycles. The summed E-state index contributed by atoms with van der Waals surface area (Å²) >= 11 is 0. The molecule has 18 heavy (non-hydrogen) atoms. The third kappa shape index (κ3) is 4.76. The normalized spacial score (nSPS) is 10.8. The van der Waals surface area contributed by atoms with Gasteiger partial charge in [0.05, 0.1) is 0 Å². The third-order valence-corrected chi connectivity index (χ3v) is 1.96. The molecule has 0 atom stereocenters. The molecule has 0 saturated carbocycles. The Morgan fingerprint density at radius 2 is 1.89 bits per heavy atom. The molecule has 96 valence electrons. The predicted molar refractivity (Wildman–Crippen MR) is 71.7 cm³/mol. The van der Waals surface area contributed by atoms with Crippen molar-refractivity contribution in [2.75, 3.05) is 13.2 Å². The molecule has 0 fully saturated rings. The summed E-state index contributed by atoms with van der Waals surface area (Å²) in [5, 5.41) is 9.04. The van der Waals surface area contributed by atoms with Gasteiger partial charge in [-0.25, -0.2) is 0 Å². The molecular weight excluding hydrogens is 230 g/mol. The van der Waals surface area contributed by atoms with E-state index in [-0.39, 0.29) is 5.76 Å². The fraction of sp³-hybridized carbons (Fsp3) is 0.143. The Morgan fingerprint density at radius 1 is 1.28 bits per heavy atom. The monoisotopic (exact) mass is 247 g/mol. The molecule has 0 amide bonds. The van der Waals surface area contributed by atoms with E-state index in [1.165, 1.54) is 12.2 Å². The Bertz CT molecular complexity index is 435. The lowest BCUT2D eigenvalue weighted by Gasteiger charge is -2.08. The van der Waals surface area contributed by atoms with Crippen LogP contribution in [0.4, 0.5) is 0 Å². The van der Waals surface area contributed by atoms with Gasteiger partial charge in [0.25, 0.3) is 0 Å². The fourth-order valence-corrected chi connectivity index (χ4v) is 1.21. The van der Waals surface area contributed by atoms with Gasteiger partial charge in [-0.3, -0.25) is 0 Å². The molecule has 0 heterocycles. The van der Waals surface area contributed by atoms with Crippen LogP contribution in [0, 0.1) is 0 Å². The van der Waals surface area contributed by atoms with E-state index in [2.05, 4.69) is 13.2 Å². The second-order valence-corrected chi connectivity index (χ2v) is 3.45. The van der Waals surface area contributed by atoms with E-state index in [1.54, 1.807) is 24.3 Å². The van der Waals surface area contributed by atoms with Crippen LogP contribution in [-0.2, 0) is 0 Å². The Kier molecular flexibility index (Phi) is 5.54. The van der Waals surface area contributed by atoms with Gasteiger partial charge in [-0.05, 0) is 30.3 Å². The minimum Gasteiger partial charge on any atom is -0.508 e.